The topological polar surface area (TPSA) is 195 Å². The first-order valence-electron chi connectivity index (χ1n) is 22.3. The number of nitrogens with zero attached hydrogens (tertiary/aromatic N) is 8. The van der Waals surface area contributed by atoms with E-state index < -0.39 is 30.0 Å². The van der Waals surface area contributed by atoms with E-state index in [9.17, 15) is 32.8 Å². The molecule has 2 aliphatic heterocycles. The maximum absolute atomic E-state index is 14.2. The van der Waals surface area contributed by atoms with Crippen molar-refractivity contribution in [1.82, 2.24) is 44.0 Å². The number of imide groups is 1. The molecule has 3 N–H and O–H groups in total. The summed E-state index contributed by atoms with van der Waals surface area (Å²) in [6, 6.07) is 14.7. The third-order valence-corrected chi connectivity index (χ3v) is 12.6. The normalized spacial score (nSPS) is 16.8. The van der Waals surface area contributed by atoms with E-state index in [4.69, 9.17) is 4.42 Å². The molecule has 3 aliphatic rings. The number of anilines is 2. The Morgan fingerprint density at radius 2 is 1.78 bits per heavy atom. The number of oxazole rings is 1. The number of hydrogen-bond donors (Lipinski definition) is 3. The molecule has 2 aromatic carbocycles. The highest BCUT2D eigenvalue weighted by molar-refractivity contribution is 6.03. The highest BCUT2D eigenvalue weighted by atomic mass is 19.3. The van der Waals surface area contributed by atoms with Gasteiger partial charge in [0.1, 0.15) is 18.1 Å². The largest absolute Gasteiger partial charge is 0.444 e. The van der Waals surface area contributed by atoms with Crippen LogP contribution in [0.2, 0.25) is 0 Å². The van der Waals surface area contributed by atoms with E-state index in [0.717, 1.165) is 50.8 Å². The summed E-state index contributed by atoms with van der Waals surface area (Å²) in [6.45, 7) is 3.95. The zero-order valence-corrected chi connectivity index (χ0v) is 37.0. The molecule has 1 saturated carbocycles. The highest BCUT2D eigenvalue weighted by Gasteiger charge is 2.31. The first-order chi connectivity index (χ1) is 32.4. The molecule has 67 heavy (non-hydrogen) atoms. The fourth-order valence-electron chi connectivity index (χ4n) is 8.59. The molecule has 0 radical (unpaired) electrons. The minimum atomic E-state index is -2.99. The summed E-state index contributed by atoms with van der Waals surface area (Å²) in [6.07, 6.45) is 6.41. The maximum atomic E-state index is 14.2. The van der Waals surface area contributed by atoms with Gasteiger partial charge in [-0.05, 0) is 112 Å². The fraction of sp³-hybridized carbons (Fsp3) is 0.375. The number of piperidine rings is 2. The van der Waals surface area contributed by atoms with Crippen LogP contribution >= 0.6 is 0 Å². The summed E-state index contributed by atoms with van der Waals surface area (Å²) in [5.74, 6) is 6.54. The minimum absolute atomic E-state index is 0.0992. The smallest absolute Gasteiger partial charge is 0.329 e. The van der Waals surface area contributed by atoms with E-state index in [2.05, 4.69) is 47.8 Å². The van der Waals surface area contributed by atoms with Crippen LogP contribution in [0.4, 0.5) is 20.3 Å². The van der Waals surface area contributed by atoms with Crippen LogP contribution in [-0.4, -0.2) is 102 Å². The summed E-state index contributed by atoms with van der Waals surface area (Å²) < 4.78 is 38.0. The van der Waals surface area contributed by atoms with Crippen LogP contribution in [0.3, 0.4) is 0 Å². The molecule has 0 bridgehead atoms. The predicted octanol–water partition coefficient (Wildman–Crippen LogP) is 5.79. The van der Waals surface area contributed by atoms with Gasteiger partial charge in [-0.15, -0.1) is 0 Å². The zero-order valence-electron chi connectivity index (χ0n) is 37.0. The Morgan fingerprint density at radius 1 is 0.985 bits per heavy atom. The lowest BCUT2D eigenvalue weighted by molar-refractivity contribution is -0.135. The number of pyridine rings is 1. The van der Waals surface area contributed by atoms with Crippen molar-refractivity contribution in [3.63, 3.8) is 0 Å². The van der Waals surface area contributed by atoms with Gasteiger partial charge < -0.3 is 24.9 Å². The number of aryl methyl sites for hydroxylation is 1. The van der Waals surface area contributed by atoms with E-state index in [1.165, 1.54) is 32.9 Å². The Bertz CT molecular complexity index is 2970. The number of halogens is 2. The van der Waals surface area contributed by atoms with Gasteiger partial charge in [-0.2, -0.15) is 5.10 Å². The van der Waals surface area contributed by atoms with Gasteiger partial charge in [0.05, 0.1) is 28.6 Å². The van der Waals surface area contributed by atoms with Crippen LogP contribution in [0.15, 0.2) is 82.5 Å². The summed E-state index contributed by atoms with van der Waals surface area (Å²) in [4.78, 5) is 76.5. The van der Waals surface area contributed by atoms with Crippen molar-refractivity contribution in [3.8, 4) is 29.0 Å². The molecule has 9 rings (SSSR count). The van der Waals surface area contributed by atoms with Crippen LogP contribution in [0.5, 0.6) is 0 Å². The molecule has 2 saturated heterocycles. The number of benzene rings is 2. The number of likely N-dealkylation sites (tertiary alicyclic amines) is 1. The molecule has 3 fully saturated rings. The number of hydrogen-bond acceptors (Lipinski definition) is 11. The molecular formula is C48H49F2N11O6. The van der Waals surface area contributed by atoms with Crippen molar-refractivity contribution >= 4 is 46.2 Å². The molecule has 4 amide bonds. The van der Waals surface area contributed by atoms with E-state index in [1.54, 1.807) is 67.7 Å². The van der Waals surface area contributed by atoms with Gasteiger partial charge in [0.2, 0.25) is 17.7 Å². The van der Waals surface area contributed by atoms with Gasteiger partial charge in [0.15, 0.2) is 11.4 Å². The van der Waals surface area contributed by atoms with Gasteiger partial charge in [-0.1, -0.05) is 11.8 Å². The van der Waals surface area contributed by atoms with E-state index in [0.29, 0.717) is 58.5 Å². The second-order valence-corrected chi connectivity index (χ2v) is 17.4. The molecule has 19 heteroatoms. The van der Waals surface area contributed by atoms with Crippen LogP contribution < -0.4 is 21.6 Å². The summed E-state index contributed by atoms with van der Waals surface area (Å²) in [5, 5.41) is 12.1. The lowest BCUT2D eigenvalue weighted by Crippen LogP contribution is -2.44. The van der Waals surface area contributed by atoms with Crippen molar-refractivity contribution in [1.29, 1.82) is 0 Å². The van der Waals surface area contributed by atoms with Crippen LogP contribution in [0.1, 0.15) is 89.5 Å². The molecule has 1 aliphatic carbocycles. The summed E-state index contributed by atoms with van der Waals surface area (Å²) in [7, 11) is 3.43. The first-order valence-corrected chi connectivity index (χ1v) is 22.3. The van der Waals surface area contributed by atoms with Crippen molar-refractivity contribution in [3.05, 3.63) is 106 Å². The SMILES string of the molecule is CN(CC1CCN(CCC#Cc2ccc3c(c2)n(C)c(=O)n3C2CCC(=O)NC2=O)CC1)C(=O)c1ccc(-n2cc(NC(=O)c3coc(-c4ccnc(NCC5CC5)c4)n3)c(C(F)F)n2)cc1. The summed E-state index contributed by atoms with van der Waals surface area (Å²) in [5.41, 5.74) is 2.26. The number of carbonyl (C=O) groups excluding carboxylic acids is 4. The minimum Gasteiger partial charge on any atom is -0.444 e. The van der Waals surface area contributed by atoms with Crippen LogP contribution in [-0.2, 0) is 16.6 Å². The Morgan fingerprint density at radius 3 is 2.52 bits per heavy atom. The molecule has 4 aromatic heterocycles. The predicted molar refractivity (Wildman–Crippen MR) is 244 cm³/mol. The van der Waals surface area contributed by atoms with Gasteiger partial charge in [-0.25, -0.2) is 28.2 Å². The van der Waals surface area contributed by atoms with Crippen LogP contribution in [0.25, 0.3) is 28.2 Å². The maximum Gasteiger partial charge on any atom is 0.329 e. The number of alkyl halides is 2. The molecule has 1 atom stereocenters. The molecular weight excluding hydrogens is 865 g/mol. The van der Waals surface area contributed by atoms with Crippen LogP contribution in [0, 0.1) is 23.7 Å². The lowest BCUT2D eigenvalue weighted by atomic mass is 9.96. The zero-order chi connectivity index (χ0) is 46.8. The average Bonchev–Trinajstić information content (AvgIpc) is 3.74. The first kappa shape index (κ1) is 44.7. The lowest BCUT2D eigenvalue weighted by Gasteiger charge is -2.33. The number of imidazole rings is 1. The number of rotatable bonds is 14. The second-order valence-electron chi connectivity index (χ2n) is 17.4. The summed E-state index contributed by atoms with van der Waals surface area (Å²) >= 11 is 0. The average molecular weight is 914 g/mol. The monoisotopic (exact) mass is 913 g/mol. The number of amides is 4. The van der Waals surface area contributed by atoms with E-state index >= 15 is 0 Å². The van der Waals surface area contributed by atoms with Crippen molar-refractivity contribution in [2.75, 3.05) is 50.4 Å². The third-order valence-electron chi connectivity index (χ3n) is 12.6. The highest BCUT2D eigenvalue weighted by Crippen LogP contribution is 2.31. The van der Waals surface area contributed by atoms with Crippen molar-refractivity contribution in [2.45, 2.75) is 57.4 Å². The van der Waals surface area contributed by atoms with Gasteiger partial charge in [0, 0.05) is 69.5 Å². The number of aromatic nitrogens is 6. The number of carbonyl (C=O) groups is 4. The molecule has 1 unspecified atom stereocenters. The molecule has 6 aromatic rings. The quantitative estimate of drug-likeness (QED) is 0.0885. The van der Waals surface area contributed by atoms with Crippen molar-refractivity contribution < 1.29 is 32.4 Å². The molecule has 0 spiro atoms. The van der Waals surface area contributed by atoms with Crippen molar-refractivity contribution in [2.24, 2.45) is 18.9 Å². The third kappa shape index (κ3) is 10.0. The number of nitrogens with one attached hydrogen (secondary N) is 3. The van der Waals surface area contributed by atoms with Gasteiger partial charge in [-0.3, -0.25) is 33.6 Å². The Kier molecular flexibility index (Phi) is 12.8. The number of fused-ring (bicyclic) bond motifs is 1. The van der Waals surface area contributed by atoms with Gasteiger partial charge >= 0.3 is 5.69 Å². The second kappa shape index (κ2) is 19.2. The Hall–Kier alpha value is -7.46. The molecule has 6 heterocycles. The standard InChI is InChI=1S/C48H49F2N11O6/c1-57(26-31-17-21-59(22-18-31)20-4-3-5-29-8-13-37-39(23-29)58(2)48(66)61(37)38-14-15-41(62)55-45(38)64)47(65)32-9-11-34(12-10-32)60-27-35(42(56-60)43(49)50)53-44(63)36-28-67-46(54-36)33-16-19-51-40(24-33)52-25-30-6-7-30/h8-13,16,19,23-24,27-28,30-31,38,43H,4,6-7,14-15,17-18,20-22,25-26H2,1-2H3,(H,51,52)(H,53,63)(H,55,62,64). The van der Waals surface area contributed by atoms with Gasteiger partial charge in [0.25, 0.3) is 18.2 Å². The van der Waals surface area contributed by atoms with E-state index in [1.807, 2.05) is 12.1 Å². The Labute approximate surface area is 383 Å². The fourth-order valence-corrected chi connectivity index (χ4v) is 8.59. The Balaban J connectivity index is 0.744. The van der Waals surface area contributed by atoms with E-state index in [-0.39, 0.29) is 47.6 Å². The molecule has 346 valence electrons. The molecule has 17 nitrogen and oxygen atoms in total.